The largest absolute Gasteiger partial charge is 0.390 e. The van der Waals surface area contributed by atoms with E-state index in [9.17, 15) is 9.90 Å². The summed E-state index contributed by atoms with van der Waals surface area (Å²) in [7, 11) is 0. The lowest BCUT2D eigenvalue weighted by Crippen LogP contribution is -2.45. The van der Waals surface area contributed by atoms with Crippen LogP contribution in [0.5, 0.6) is 0 Å². The van der Waals surface area contributed by atoms with Gasteiger partial charge in [-0.2, -0.15) is 0 Å². The number of hydrogen-bond acceptors (Lipinski definition) is 4. The van der Waals surface area contributed by atoms with Crippen molar-refractivity contribution in [2.24, 2.45) is 5.92 Å². The number of aliphatic hydroxyl groups is 1. The number of Topliss-reactive ketones (excluding diaryl/α,β-unsaturated/α-hetero) is 1. The summed E-state index contributed by atoms with van der Waals surface area (Å²) in [6, 6.07) is 0. The van der Waals surface area contributed by atoms with Crippen LogP contribution in [-0.2, 0) is 9.53 Å². The number of ether oxygens (including phenoxy) is 1. The van der Waals surface area contributed by atoms with Crippen molar-refractivity contribution in [3.8, 4) is 0 Å². The van der Waals surface area contributed by atoms with Gasteiger partial charge in [-0.1, -0.05) is 0 Å². The highest BCUT2D eigenvalue weighted by atomic mass is 16.5. The molecule has 1 N–H and O–H groups in total. The Morgan fingerprint density at radius 2 is 2.19 bits per heavy atom. The van der Waals surface area contributed by atoms with Gasteiger partial charge in [-0.3, -0.25) is 9.69 Å². The van der Waals surface area contributed by atoms with Gasteiger partial charge in [0.1, 0.15) is 0 Å². The molecule has 0 aromatic rings. The fourth-order valence-electron chi connectivity index (χ4n) is 2.33. The van der Waals surface area contributed by atoms with Crippen LogP contribution in [0.15, 0.2) is 0 Å². The van der Waals surface area contributed by atoms with Gasteiger partial charge >= 0.3 is 0 Å². The molecule has 2 fully saturated rings. The number of nitrogens with zero attached hydrogens (tertiary/aromatic N) is 1. The number of piperidine rings is 1. The maximum absolute atomic E-state index is 11.9. The summed E-state index contributed by atoms with van der Waals surface area (Å²) in [6.45, 7) is 5.38. The van der Waals surface area contributed by atoms with Gasteiger partial charge < -0.3 is 9.84 Å². The molecule has 4 heteroatoms. The molecule has 0 aromatic carbocycles. The maximum atomic E-state index is 11.9. The van der Waals surface area contributed by atoms with E-state index in [1.54, 1.807) is 0 Å². The molecule has 0 aromatic heterocycles. The standard InChI is InChI=1S/C12H21NO3/c1-12(15)3-5-13(6-4-12)8-11(14)10-2-7-16-9-10/h10,15H,2-9H2,1H3. The van der Waals surface area contributed by atoms with Gasteiger partial charge in [0.15, 0.2) is 5.78 Å². The highest BCUT2D eigenvalue weighted by Crippen LogP contribution is 2.22. The average molecular weight is 227 g/mol. The molecule has 2 aliphatic rings. The van der Waals surface area contributed by atoms with Gasteiger partial charge in [0.05, 0.1) is 18.8 Å². The third kappa shape index (κ3) is 3.03. The zero-order valence-corrected chi connectivity index (χ0v) is 9.95. The quantitative estimate of drug-likeness (QED) is 0.760. The zero-order chi connectivity index (χ0) is 11.6. The third-order valence-electron chi connectivity index (χ3n) is 3.70. The smallest absolute Gasteiger partial charge is 0.152 e. The minimum Gasteiger partial charge on any atom is -0.390 e. The van der Waals surface area contributed by atoms with Gasteiger partial charge in [0.2, 0.25) is 0 Å². The molecule has 2 aliphatic heterocycles. The van der Waals surface area contributed by atoms with E-state index in [0.717, 1.165) is 39.0 Å². The zero-order valence-electron chi connectivity index (χ0n) is 9.95. The Morgan fingerprint density at radius 1 is 1.50 bits per heavy atom. The molecule has 4 nitrogen and oxygen atoms in total. The molecule has 1 atom stereocenters. The summed E-state index contributed by atoms with van der Waals surface area (Å²) in [5.41, 5.74) is -0.532. The highest BCUT2D eigenvalue weighted by Gasteiger charge is 2.30. The molecule has 16 heavy (non-hydrogen) atoms. The van der Waals surface area contributed by atoms with Crippen LogP contribution in [0.25, 0.3) is 0 Å². The van der Waals surface area contributed by atoms with Crippen molar-refractivity contribution in [3.05, 3.63) is 0 Å². The second-order valence-corrected chi connectivity index (χ2v) is 5.30. The first kappa shape index (κ1) is 12.0. The van der Waals surface area contributed by atoms with Gasteiger partial charge in [-0.05, 0) is 26.2 Å². The van der Waals surface area contributed by atoms with Crippen molar-refractivity contribution in [2.45, 2.75) is 31.8 Å². The SMILES string of the molecule is CC1(O)CCN(CC(=O)C2CCOC2)CC1. The van der Waals surface area contributed by atoms with Crippen molar-refractivity contribution in [1.29, 1.82) is 0 Å². The number of carbonyl (C=O) groups is 1. The lowest BCUT2D eigenvalue weighted by atomic mass is 9.93. The number of hydrogen-bond donors (Lipinski definition) is 1. The molecule has 0 saturated carbocycles. The van der Waals surface area contributed by atoms with E-state index in [1.807, 2.05) is 6.92 Å². The van der Waals surface area contributed by atoms with Crippen molar-refractivity contribution in [2.75, 3.05) is 32.8 Å². The molecule has 0 radical (unpaired) electrons. The Labute approximate surface area is 96.6 Å². The summed E-state index contributed by atoms with van der Waals surface area (Å²) >= 11 is 0. The topological polar surface area (TPSA) is 49.8 Å². The summed E-state index contributed by atoms with van der Waals surface area (Å²) in [4.78, 5) is 14.0. The first-order valence-electron chi connectivity index (χ1n) is 6.12. The molecular formula is C12H21NO3. The molecule has 0 amide bonds. The van der Waals surface area contributed by atoms with Crippen LogP contribution in [-0.4, -0.2) is 54.2 Å². The number of likely N-dealkylation sites (tertiary alicyclic amines) is 1. The molecule has 1 unspecified atom stereocenters. The molecule has 2 saturated heterocycles. The lowest BCUT2D eigenvalue weighted by Gasteiger charge is -2.35. The first-order valence-corrected chi connectivity index (χ1v) is 6.12. The minimum absolute atomic E-state index is 0.113. The number of rotatable bonds is 3. The van der Waals surface area contributed by atoms with E-state index in [2.05, 4.69) is 4.90 Å². The average Bonchev–Trinajstić information content (AvgIpc) is 2.74. The van der Waals surface area contributed by atoms with E-state index < -0.39 is 5.60 Å². The fourth-order valence-corrected chi connectivity index (χ4v) is 2.33. The Morgan fingerprint density at radius 3 is 2.75 bits per heavy atom. The van der Waals surface area contributed by atoms with Crippen LogP contribution >= 0.6 is 0 Å². The van der Waals surface area contributed by atoms with Crippen molar-refractivity contribution >= 4 is 5.78 Å². The Balaban J connectivity index is 1.76. The van der Waals surface area contributed by atoms with Crippen LogP contribution in [0.1, 0.15) is 26.2 Å². The van der Waals surface area contributed by atoms with Gasteiger partial charge in [0.25, 0.3) is 0 Å². The third-order valence-corrected chi connectivity index (χ3v) is 3.70. The normalized spacial score (nSPS) is 30.5. The Hall–Kier alpha value is -0.450. The lowest BCUT2D eigenvalue weighted by molar-refractivity contribution is -0.125. The monoisotopic (exact) mass is 227 g/mol. The molecule has 0 aliphatic carbocycles. The molecular weight excluding hydrogens is 206 g/mol. The van der Waals surface area contributed by atoms with E-state index in [-0.39, 0.29) is 5.92 Å². The summed E-state index contributed by atoms with van der Waals surface area (Å²) in [5, 5.41) is 9.81. The maximum Gasteiger partial charge on any atom is 0.152 e. The Kier molecular flexibility index (Phi) is 3.62. The van der Waals surface area contributed by atoms with E-state index in [1.165, 1.54) is 0 Å². The minimum atomic E-state index is -0.532. The predicted molar refractivity (Wildman–Crippen MR) is 60.2 cm³/mol. The van der Waals surface area contributed by atoms with Crippen LogP contribution in [0.4, 0.5) is 0 Å². The van der Waals surface area contributed by atoms with Crippen LogP contribution in [0.3, 0.4) is 0 Å². The van der Waals surface area contributed by atoms with Crippen molar-refractivity contribution < 1.29 is 14.6 Å². The van der Waals surface area contributed by atoms with Crippen LogP contribution in [0, 0.1) is 5.92 Å². The molecule has 2 rings (SSSR count). The summed E-state index contributed by atoms with van der Waals surface area (Å²) < 4.78 is 5.22. The van der Waals surface area contributed by atoms with E-state index >= 15 is 0 Å². The second-order valence-electron chi connectivity index (χ2n) is 5.30. The number of ketones is 1. The van der Waals surface area contributed by atoms with Crippen molar-refractivity contribution in [3.63, 3.8) is 0 Å². The second kappa shape index (κ2) is 4.82. The fraction of sp³-hybridized carbons (Fsp3) is 0.917. The predicted octanol–water partition coefficient (Wildman–Crippen LogP) is 0.439. The molecule has 2 heterocycles. The van der Waals surface area contributed by atoms with Crippen molar-refractivity contribution in [1.82, 2.24) is 4.90 Å². The molecule has 0 bridgehead atoms. The van der Waals surface area contributed by atoms with Crippen LogP contribution < -0.4 is 0 Å². The number of carbonyl (C=O) groups excluding carboxylic acids is 1. The van der Waals surface area contributed by atoms with Gasteiger partial charge in [-0.25, -0.2) is 0 Å². The summed E-state index contributed by atoms with van der Waals surface area (Å²) in [6.07, 6.45) is 2.41. The van der Waals surface area contributed by atoms with Gasteiger partial charge in [0, 0.05) is 25.6 Å². The Bertz CT molecular complexity index is 249. The highest BCUT2D eigenvalue weighted by molar-refractivity contribution is 5.83. The van der Waals surface area contributed by atoms with E-state index in [0.29, 0.717) is 18.9 Å². The molecule has 0 spiro atoms. The van der Waals surface area contributed by atoms with Gasteiger partial charge in [-0.15, -0.1) is 0 Å². The first-order chi connectivity index (χ1) is 7.57. The van der Waals surface area contributed by atoms with E-state index in [4.69, 9.17) is 4.74 Å². The van der Waals surface area contributed by atoms with Crippen LogP contribution in [0.2, 0.25) is 0 Å². The molecule has 92 valence electrons. The summed E-state index contributed by atoms with van der Waals surface area (Å²) in [5.74, 6) is 0.418.